The second-order valence-electron chi connectivity index (χ2n) is 6.29. The van der Waals surface area contributed by atoms with Gasteiger partial charge in [-0.05, 0) is 69.5 Å². The Balaban J connectivity index is 1.67. The lowest BCUT2D eigenvalue weighted by Gasteiger charge is -2.48. The summed E-state index contributed by atoms with van der Waals surface area (Å²) in [7, 11) is 4.45. The molecule has 0 bridgehead atoms. The van der Waals surface area contributed by atoms with Gasteiger partial charge in [-0.1, -0.05) is 22.0 Å². The van der Waals surface area contributed by atoms with E-state index in [1.165, 1.54) is 47.7 Å². The molecule has 19 heavy (non-hydrogen) atoms. The molecule has 0 heterocycles. The van der Waals surface area contributed by atoms with E-state index in [0.717, 1.165) is 6.54 Å². The van der Waals surface area contributed by atoms with Gasteiger partial charge in [0, 0.05) is 22.6 Å². The van der Waals surface area contributed by atoms with Crippen molar-refractivity contribution in [2.45, 2.75) is 43.7 Å². The van der Waals surface area contributed by atoms with Crippen LogP contribution in [0.3, 0.4) is 0 Å². The van der Waals surface area contributed by atoms with Crippen molar-refractivity contribution < 1.29 is 0 Å². The zero-order valence-electron chi connectivity index (χ0n) is 11.9. The normalized spacial score (nSPS) is 24.3. The molecule has 3 heteroatoms. The fraction of sp³-hybridized carbons (Fsp3) is 0.625. The first-order chi connectivity index (χ1) is 9.11. The Kier molecular flexibility index (Phi) is 3.71. The predicted molar refractivity (Wildman–Crippen MR) is 83.5 cm³/mol. The minimum absolute atomic E-state index is 0.415. The van der Waals surface area contributed by atoms with Crippen molar-refractivity contribution in [1.29, 1.82) is 0 Å². The number of rotatable bonds is 4. The summed E-state index contributed by atoms with van der Waals surface area (Å²) < 4.78 is 1.20. The Morgan fingerprint density at radius 3 is 2.79 bits per heavy atom. The molecule has 3 rings (SSSR count). The van der Waals surface area contributed by atoms with Gasteiger partial charge in [0.05, 0.1) is 0 Å². The number of likely N-dealkylation sites (N-methyl/N-ethyl adjacent to an activating group) is 1. The third-order valence-electron chi connectivity index (χ3n) is 5.09. The van der Waals surface area contributed by atoms with Gasteiger partial charge in [-0.15, -0.1) is 0 Å². The minimum Gasteiger partial charge on any atom is -0.308 e. The van der Waals surface area contributed by atoms with Crippen LogP contribution in [0.5, 0.6) is 0 Å². The maximum absolute atomic E-state index is 3.82. The van der Waals surface area contributed by atoms with Crippen LogP contribution in [0.25, 0.3) is 0 Å². The summed E-state index contributed by atoms with van der Waals surface area (Å²) >= 11 is 3.57. The van der Waals surface area contributed by atoms with Crippen LogP contribution in [0.15, 0.2) is 22.7 Å². The van der Waals surface area contributed by atoms with E-state index in [-0.39, 0.29) is 0 Å². The van der Waals surface area contributed by atoms with Crippen LogP contribution in [0.1, 0.15) is 42.9 Å². The zero-order chi connectivity index (χ0) is 13.5. The molecule has 104 valence electrons. The van der Waals surface area contributed by atoms with Crippen LogP contribution >= 0.6 is 15.9 Å². The van der Waals surface area contributed by atoms with Gasteiger partial charge in [0.2, 0.25) is 0 Å². The van der Waals surface area contributed by atoms with Crippen molar-refractivity contribution in [1.82, 2.24) is 10.2 Å². The lowest BCUT2D eigenvalue weighted by molar-refractivity contribution is 0.0571. The molecule has 1 saturated carbocycles. The molecule has 2 nitrogen and oxygen atoms in total. The second-order valence-corrected chi connectivity index (χ2v) is 7.20. The topological polar surface area (TPSA) is 15.3 Å². The Bertz CT molecular complexity index is 466. The van der Waals surface area contributed by atoms with Crippen LogP contribution in [0.4, 0.5) is 0 Å². The van der Waals surface area contributed by atoms with Gasteiger partial charge in [-0.3, -0.25) is 0 Å². The third-order valence-corrected chi connectivity index (χ3v) is 5.59. The Morgan fingerprint density at radius 2 is 2.16 bits per heavy atom. The fourth-order valence-corrected chi connectivity index (χ4v) is 3.89. The second kappa shape index (κ2) is 5.19. The smallest absolute Gasteiger partial charge is 0.0328 e. The molecule has 2 aliphatic rings. The summed E-state index contributed by atoms with van der Waals surface area (Å²) in [6.45, 7) is 1.13. The predicted octanol–water partition coefficient (Wildman–Crippen LogP) is 3.51. The lowest BCUT2D eigenvalue weighted by atomic mass is 9.75. The van der Waals surface area contributed by atoms with Crippen molar-refractivity contribution >= 4 is 15.9 Å². The summed E-state index contributed by atoms with van der Waals surface area (Å²) in [5, 5.41) is 3.82. The van der Waals surface area contributed by atoms with Crippen LogP contribution in [0, 0.1) is 0 Å². The van der Waals surface area contributed by atoms with Crippen molar-refractivity contribution in [2.75, 3.05) is 20.6 Å². The number of halogens is 1. The average molecular weight is 323 g/mol. The molecule has 1 aromatic carbocycles. The highest BCUT2D eigenvalue weighted by Gasteiger charge is 2.39. The molecular formula is C16H23BrN2. The Labute approximate surface area is 124 Å². The van der Waals surface area contributed by atoms with Gasteiger partial charge < -0.3 is 10.2 Å². The fourth-order valence-electron chi connectivity index (χ4n) is 3.48. The van der Waals surface area contributed by atoms with Gasteiger partial charge in [0.1, 0.15) is 0 Å². The van der Waals surface area contributed by atoms with E-state index in [2.05, 4.69) is 58.4 Å². The molecule has 1 atom stereocenters. The van der Waals surface area contributed by atoms with Crippen LogP contribution in [-0.4, -0.2) is 31.1 Å². The van der Waals surface area contributed by atoms with Crippen LogP contribution in [-0.2, 0) is 6.42 Å². The SMILES string of the molecule is CN(C)C1(CNC2CCc3cc(Br)ccc32)CCC1. The maximum atomic E-state index is 3.82. The highest BCUT2D eigenvalue weighted by molar-refractivity contribution is 9.10. The highest BCUT2D eigenvalue weighted by atomic mass is 79.9. The highest BCUT2D eigenvalue weighted by Crippen LogP contribution is 2.38. The van der Waals surface area contributed by atoms with E-state index >= 15 is 0 Å². The summed E-state index contributed by atoms with van der Waals surface area (Å²) in [6, 6.07) is 7.29. The molecule has 1 fully saturated rings. The van der Waals surface area contributed by atoms with E-state index in [1.807, 2.05) is 0 Å². The van der Waals surface area contributed by atoms with E-state index in [0.29, 0.717) is 11.6 Å². The van der Waals surface area contributed by atoms with Crippen LogP contribution in [0.2, 0.25) is 0 Å². The largest absolute Gasteiger partial charge is 0.308 e. The molecular weight excluding hydrogens is 300 g/mol. The first-order valence-corrected chi connectivity index (χ1v) is 8.09. The molecule has 0 amide bonds. The number of fused-ring (bicyclic) bond motifs is 1. The molecule has 0 spiro atoms. The van der Waals surface area contributed by atoms with Gasteiger partial charge >= 0.3 is 0 Å². The van der Waals surface area contributed by atoms with Crippen molar-refractivity contribution in [2.24, 2.45) is 0 Å². The van der Waals surface area contributed by atoms with Gasteiger partial charge in [-0.25, -0.2) is 0 Å². The first-order valence-electron chi connectivity index (χ1n) is 7.30. The summed E-state index contributed by atoms with van der Waals surface area (Å²) in [4.78, 5) is 2.42. The Hall–Kier alpha value is -0.380. The van der Waals surface area contributed by atoms with Crippen molar-refractivity contribution in [3.8, 4) is 0 Å². The number of hydrogen-bond donors (Lipinski definition) is 1. The van der Waals surface area contributed by atoms with E-state index in [4.69, 9.17) is 0 Å². The lowest BCUT2D eigenvalue weighted by Crippen LogP contribution is -2.56. The molecule has 0 saturated heterocycles. The number of aryl methyl sites for hydroxylation is 1. The monoisotopic (exact) mass is 322 g/mol. The van der Waals surface area contributed by atoms with Gasteiger partial charge in [0.25, 0.3) is 0 Å². The molecule has 0 aliphatic heterocycles. The number of benzene rings is 1. The molecule has 2 aliphatic carbocycles. The van der Waals surface area contributed by atoms with E-state index in [9.17, 15) is 0 Å². The quantitative estimate of drug-likeness (QED) is 0.912. The van der Waals surface area contributed by atoms with Crippen molar-refractivity contribution in [3.63, 3.8) is 0 Å². The first kappa shape index (κ1) is 13.6. The maximum Gasteiger partial charge on any atom is 0.0328 e. The molecule has 1 N–H and O–H groups in total. The molecule has 0 aromatic heterocycles. The summed E-state index contributed by atoms with van der Waals surface area (Å²) in [5.74, 6) is 0. The third kappa shape index (κ3) is 2.48. The van der Waals surface area contributed by atoms with E-state index in [1.54, 1.807) is 0 Å². The molecule has 0 radical (unpaired) electrons. The average Bonchev–Trinajstić information content (AvgIpc) is 2.69. The standard InChI is InChI=1S/C16H23BrN2/c1-19(2)16(8-3-9-16)11-18-15-7-4-12-10-13(17)5-6-14(12)15/h5-6,10,15,18H,3-4,7-9,11H2,1-2H3. The van der Waals surface area contributed by atoms with Crippen LogP contribution < -0.4 is 5.32 Å². The Morgan fingerprint density at radius 1 is 1.37 bits per heavy atom. The zero-order valence-corrected chi connectivity index (χ0v) is 13.5. The van der Waals surface area contributed by atoms with E-state index < -0.39 is 0 Å². The number of nitrogens with zero attached hydrogens (tertiary/aromatic N) is 1. The van der Waals surface area contributed by atoms with Crippen molar-refractivity contribution in [3.05, 3.63) is 33.8 Å². The molecule has 1 aromatic rings. The number of hydrogen-bond acceptors (Lipinski definition) is 2. The van der Waals surface area contributed by atoms with Gasteiger partial charge in [0.15, 0.2) is 0 Å². The minimum atomic E-state index is 0.415. The summed E-state index contributed by atoms with van der Waals surface area (Å²) in [6.07, 6.45) is 6.52. The summed E-state index contributed by atoms with van der Waals surface area (Å²) in [5.41, 5.74) is 3.44. The molecule has 1 unspecified atom stereocenters. The van der Waals surface area contributed by atoms with Gasteiger partial charge in [-0.2, -0.15) is 0 Å². The number of nitrogens with one attached hydrogen (secondary N) is 1.